The molecule has 0 fully saturated rings. The SMILES string of the molecule is CNC(=O)c1ccc2c(c1)nc(-c1c[nH]c(-c3cccc(Cl)c3)n1)n2CCOC. The number of rotatable bonds is 6. The van der Waals surface area contributed by atoms with Gasteiger partial charge in [-0.3, -0.25) is 4.79 Å². The maximum absolute atomic E-state index is 12.0. The van der Waals surface area contributed by atoms with Gasteiger partial charge in [0.15, 0.2) is 5.82 Å². The number of methoxy groups -OCH3 is 1. The zero-order valence-corrected chi connectivity index (χ0v) is 16.8. The number of nitrogens with one attached hydrogen (secondary N) is 2. The van der Waals surface area contributed by atoms with E-state index in [9.17, 15) is 4.79 Å². The minimum absolute atomic E-state index is 0.150. The zero-order valence-electron chi connectivity index (χ0n) is 16.1. The topological polar surface area (TPSA) is 84.8 Å². The fourth-order valence-electron chi connectivity index (χ4n) is 3.24. The van der Waals surface area contributed by atoms with Crippen molar-refractivity contribution in [2.45, 2.75) is 6.54 Å². The van der Waals surface area contributed by atoms with Crippen molar-refractivity contribution in [3.8, 4) is 22.9 Å². The third-order valence-electron chi connectivity index (χ3n) is 4.66. The Morgan fingerprint density at radius 1 is 1.24 bits per heavy atom. The van der Waals surface area contributed by atoms with Gasteiger partial charge >= 0.3 is 0 Å². The molecule has 2 N–H and O–H groups in total. The smallest absolute Gasteiger partial charge is 0.251 e. The van der Waals surface area contributed by atoms with Crippen molar-refractivity contribution >= 4 is 28.5 Å². The van der Waals surface area contributed by atoms with Crippen molar-refractivity contribution in [1.82, 2.24) is 24.8 Å². The van der Waals surface area contributed by atoms with Crippen molar-refractivity contribution in [2.24, 2.45) is 0 Å². The average molecular weight is 410 g/mol. The molecule has 8 heteroatoms. The maximum atomic E-state index is 12.0. The molecule has 7 nitrogen and oxygen atoms in total. The summed E-state index contributed by atoms with van der Waals surface area (Å²) in [6.45, 7) is 1.14. The lowest BCUT2D eigenvalue weighted by molar-refractivity contribution is 0.0963. The molecule has 4 aromatic rings. The van der Waals surface area contributed by atoms with E-state index in [4.69, 9.17) is 26.3 Å². The first-order chi connectivity index (χ1) is 14.1. The van der Waals surface area contributed by atoms with Crippen molar-refractivity contribution in [3.63, 3.8) is 0 Å². The van der Waals surface area contributed by atoms with Gasteiger partial charge < -0.3 is 19.6 Å². The Labute approximate surface area is 172 Å². The van der Waals surface area contributed by atoms with Crippen LogP contribution in [0.15, 0.2) is 48.7 Å². The van der Waals surface area contributed by atoms with Crippen LogP contribution < -0.4 is 5.32 Å². The van der Waals surface area contributed by atoms with E-state index in [2.05, 4.69) is 10.3 Å². The average Bonchev–Trinajstić information content (AvgIpc) is 3.36. The number of carbonyl (C=O) groups is 1. The zero-order chi connectivity index (χ0) is 20.4. The molecule has 0 atom stereocenters. The van der Waals surface area contributed by atoms with E-state index >= 15 is 0 Å². The second-order valence-electron chi connectivity index (χ2n) is 6.51. The standard InChI is InChI=1S/C21H20ClN5O2/c1-23-21(28)14-6-7-18-16(11-14)26-20(27(18)8-9-29-2)17-12-24-19(25-17)13-4-3-5-15(22)10-13/h3-7,10-12H,8-9H2,1-2H3,(H,23,28)(H,24,25). The Morgan fingerprint density at radius 2 is 2.10 bits per heavy atom. The van der Waals surface area contributed by atoms with Crippen LogP contribution in [0.3, 0.4) is 0 Å². The minimum Gasteiger partial charge on any atom is -0.383 e. The number of halogens is 1. The van der Waals surface area contributed by atoms with Gasteiger partial charge in [-0.05, 0) is 30.3 Å². The number of hydrogen-bond acceptors (Lipinski definition) is 4. The molecule has 0 bridgehead atoms. The molecule has 2 heterocycles. The first-order valence-electron chi connectivity index (χ1n) is 9.13. The van der Waals surface area contributed by atoms with Crippen LogP contribution in [0.1, 0.15) is 10.4 Å². The first-order valence-corrected chi connectivity index (χ1v) is 9.51. The highest BCUT2D eigenvalue weighted by Gasteiger charge is 2.17. The van der Waals surface area contributed by atoms with Gasteiger partial charge in [-0.25, -0.2) is 9.97 Å². The number of fused-ring (bicyclic) bond motifs is 1. The number of H-pyrrole nitrogens is 1. The summed E-state index contributed by atoms with van der Waals surface area (Å²) >= 11 is 6.10. The van der Waals surface area contributed by atoms with Crippen LogP contribution in [0.25, 0.3) is 33.9 Å². The third-order valence-corrected chi connectivity index (χ3v) is 4.90. The molecule has 1 amide bonds. The van der Waals surface area contributed by atoms with Crippen molar-refractivity contribution in [1.29, 1.82) is 0 Å². The summed E-state index contributed by atoms with van der Waals surface area (Å²) < 4.78 is 7.31. The first kappa shape index (κ1) is 19.2. The van der Waals surface area contributed by atoms with E-state index in [1.807, 2.05) is 41.1 Å². The fourth-order valence-corrected chi connectivity index (χ4v) is 3.43. The number of aromatic amines is 1. The fraction of sp³-hybridized carbons (Fsp3) is 0.190. The van der Waals surface area contributed by atoms with Crippen molar-refractivity contribution in [2.75, 3.05) is 20.8 Å². The Bertz CT molecular complexity index is 1180. The van der Waals surface area contributed by atoms with Crippen LogP contribution >= 0.6 is 11.6 Å². The van der Waals surface area contributed by atoms with Gasteiger partial charge in [0.25, 0.3) is 5.91 Å². The number of nitrogens with zero attached hydrogens (tertiary/aromatic N) is 3. The number of imidazole rings is 2. The van der Waals surface area contributed by atoms with Gasteiger partial charge in [0.1, 0.15) is 11.5 Å². The van der Waals surface area contributed by atoms with Crippen molar-refractivity contribution < 1.29 is 9.53 Å². The molecule has 0 saturated heterocycles. The van der Waals surface area contributed by atoms with Gasteiger partial charge in [-0.15, -0.1) is 0 Å². The second-order valence-corrected chi connectivity index (χ2v) is 6.94. The Hall–Kier alpha value is -3.16. The molecule has 0 saturated carbocycles. The highest BCUT2D eigenvalue weighted by atomic mass is 35.5. The van der Waals surface area contributed by atoms with Crippen molar-refractivity contribution in [3.05, 3.63) is 59.2 Å². The van der Waals surface area contributed by atoms with Crippen LogP contribution in [0.2, 0.25) is 5.02 Å². The summed E-state index contributed by atoms with van der Waals surface area (Å²) in [4.78, 5) is 24.6. The van der Waals surface area contributed by atoms with Crippen LogP contribution in [0.5, 0.6) is 0 Å². The Morgan fingerprint density at radius 3 is 2.86 bits per heavy atom. The molecule has 0 unspecified atom stereocenters. The summed E-state index contributed by atoms with van der Waals surface area (Å²) in [7, 11) is 3.27. The molecular formula is C21H20ClN5O2. The monoisotopic (exact) mass is 409 g/mol. The molecule has 0 aliphatic heterocycles. The Balaban J connectivity index is 1.80. The molecule has 4 rings (SSSR count). The molecule has 0 radical (unpaired) electrons. The number of ether oxygens (including phenoxy) is 1. The number of carbonyl (C=O) groups excluding carboxylic acids is 1. The predicted molar refractivity (Wildman–Crippen MR) is 113 cm³/mol. The van der Waals surface area contributed by atoms with Crippen LogP contribution in [-0.4, -0.2) is 46.2 Å². The molecule has 29 heavy (non-hydrogen) atoms. The summed E-state index contributed by atoms with van der Waals surface area (Å²) in [6, 6.07) is 13.0. The van der Waals surface area contributed by atoms with E-state index in [1.54, 1.807) is 26.3 Å². The molecule has 2 aromatic heterocycles. The quantitative estimate of drug-likeness (QED) is 0.508. The summed E-state index contributed by atoms with van der Waals surface area (Å²) in [6.07, 6.45) is 1.82. The molecular weight excluding hydrogens is 390 g/mol. The highest BCUT2D eigenvalue weighted by molar-refractivity contribution is 6.30. The summed E-state index contributed by atoms with van der Waals surface area (Å²) in [5.41, 5.74) is 3.80. The third kappa shape index (κ3) is 3.74. The van der Waals surface area contributed by atoms with E-state index in [-0.39, 0.29) is 5.91 Å². The van der Waals surface area contributed by atoms with E-state index in [1.165, 1.54) is 0 Å². The molecule has 2 aromatic carbocycles. The van der Waals surface area contributed by atoms with Gasteiger partial charge in [0, 0.05) is 43.0 Å². The maximum Gasteiger partial charge on any atom is 0.251 e. The van der Waals surface area contributed by atoms with E-state index in [0.29, 0.717) is 41.1 Å². The second kappa shape index (κ2) is 8.06. The van der Waals surface area contributed by atoms with Crippen LogP contribution in [-0.2, 0) is 11.3 Å². The lowest BCUT2D eigenvalue weighted by Gasteiger charge is -2.07. The number of hydrogen-bond donors (Lipinski definition) is 2. The lowest BCUT2D eigenvalue weighted by atomic mass is 10.2. The lowest BCUT2D eigenvalue weighted by Crippen LogP contribution is -2.17. The van der Waals surface area contributed by atoms with Gasteiger partial charge in [-0.2, -0.15) is 0 Å². The highest BCUT2D eigenvalue weighted by Crippen LogP contribution is 2.27. The molecule has 0 aliphatic rings. The minimum atomic E-state index is -0.150. The number of benzene rings is 2. The van der Waals surface area contributed by atoms with E-state index < -0.39 is 0 Å². The number of aromatic nitrogens is 4. The van der Waals surface area contributed by atoms with E-state index in [0.717, 1.165) is 16.6 Å². The van der Waals surface area contributed by atoms with Crippen LogP contribution in [0.4, 0.5) is 0 Å². The van der Waals surface area contributed by atoms with Crippen LogP contribution in [0, 0.1) is 0 Å². The van der Waals surface area contributed by atoms with Gasteiger partial charge in [0.05, 0.1) is 17.6 Å². The molecule has 148 valence electrons. The summed E-state index contributed by atoms with van der Waals surface area (Å²) in [5, 5.41) is 3.29. The predicted octanol–water partition coefficient (Wildman–Crippen LogP) is 3.75. The molecule has 0 aliphatic carbocycles. The van der Waals surface area contributed by atoms with Gasteiger partial charge in [0.2, 0.25) is 0 Å². The summed E-state index contributed by atoms with van der Waals surface area (Å²) in [5.74, 6) is 1.26. The number of amides is 1. The Kier molecular flexibility index (Phi) is 5.33. The largest absolute Gasteiger partial charge is 0.383 e. The normalized spacial score (nSPS) is 11.1. The molecule has 0 spiro atoms. The van der Waals surface area contributed by atoms with Gasteiger partial charge in [-0.1, -0.05) is 23.7 Å².